The van der Waals surface area contributed by atoms with Crippen LogP contribution in [0.1, 0.15) is 50.7 Å². The molecule has 0 aromatic heterocycles. The molecule has 1 aliphatic carbocycles. The summed E-state index contributed by atoms with van der Waals surface area (Å²) in [6.45, 7) is 7.88. The Hall–Kier alpha value is -1.84. The summed E-state index contributed by atoms with van der Waals surface area (Å²) in [6, 6.07) is 6.30. The Balaban J connectivity index is 2.10. The van der Waals surface area contributed by atoms with E-state index < -0.39 is 0 Å². The van der Waals surface area contributed by atoms with E-state index in [2.05, 4.69) is 19.2 Å². The van der Waals surface area contributed by atoms with E-state index in [-0.39, 0.29) is 24.4 Å². The second kappa shape index (κ2) is 6.29. The Kier molecular flexibility index (Phi) is 4.66. The number of para-hydroxylation sites is 1. The Morgan fingerprint density at radius 3 is 2.52 bits per heavy atom. The number of aryl methyl sites for hydroxylation is 1. The number of nitrogens with zero attached hydrogens (tertiary/aromatic N) is 1. The Labute approximate surface area is 126 Å². The van der Waals surface area contributed by atoms with Gasteiger partial charge >= 0.3 is 0 Å². The minimum atomic E-state index is -0.117. The molecule has 1 aromatic carbocycles. The predicted octanol–water partition coefficient (Wildman–Crippen LogP) is 3.07. The van der Waals surface area contributed by atoms with Gasteiger partial charge in [0.25, 0.3) is 0 Å². The fraction of sp³-hybridized carbons (Fsp3) is 0.529. The molecule has 0 spiro atoms. The highest BCUT2D eigenvalue weighted by Gasteiger charge is 2.32. The Morgan fingerprint density at radius 1 is 1.33 bits per heavy atom. The van der Waals surface area contributed by atoms with Crippen LogP contribution in [0.4, 0.5) is 5.69 Å². The maximum absolute atomic E-state index is 12.3. The summed E-state index contributed by atoms with van der Waals surface area (Å²) in [5.41, 5.74) is 3.07. The molecule has 0 atom stereocenters. The molecule has 0 aliphatic heterocycles. The monoisotopic (exact) mass is 288 g/mol. The molecule has 2 amide bonds. The minimum absolute atomic E-state index is 0.0264. The second-order valence-corrected chi connectivity index (χ2v) is 6.12. The molecule has 114 valence electrons. The van der Waals surface area contributed by atoms with Crippen LogP contribution in [0.5, 0.6) is 0 Å². The zero-order valence-electron chi connectivity index (χ0n) is 13.3. The standard InChI is InChI=1S/C17H24N2O2/c1-11(2)15-7-5-6-12(3)17(15)18-16(21)10-19(13(4)20)14-8-9-14/h5-7,11,14H,8-10H2,1-4H3,(H,18,21). The summed E-state index contributed by atoms with van der Waals surface area (Å²) in [7, 11) is 0. The molecular formula is C17H24N2O2. The average molecular weight is 288 g/mol. The maximum Gasteiger partial charge on any atom is 0.244 e. The first-order valence-corrected chi connectivity index (χ1v) is 7.56. The quantitative estimate of drug-likeness (QED) is 0.905. The van der Waals surface area contributed by atoms with Gasteiger partial charge in [-0.25, -0.2) is 0 Å². The molecule has 0 bridgehead atoms. The molecule has 1 N–H and O–H groups in total. The van der Waals surface area contributed by atoms with Crippen molar-refractivity contribution >= 4 is 17.5 Å². The third-order valence-electron chi connectivity index (χ3n) is 3.90. The van der Waals surface area contributed by atoms with Crippen LogP contribution >= 0.6 is 0 Å². The first-order chi connectivity index (χ1) is 9.90. The molecule has 0 unspecified atom stereocenters. The van der Waals surface area contributed by atoms with E-state index in [9.17, 15) is 9.59 Å². The van der Waals surface area contributed by atoms with E-state index in [1.807, 2.05) is 25.1 Å². The zero-order valence-corrected chi connectivity index (χ0v) is 13.3. The van der Waals surface area contributed by atoms with Crippen molar-refractivity contribution in [2.24, 2.45) is 0 Å². The normalized spacial score (nSPS) is 14.1. The van der Waals surface area contributed by atoms with Crippen molar-refractivity contribution in [1.29, 1.82) is 0 Å². The van der Waals surface area contributed by atoms with Gasteiger partial charge in [-0.05, 0) is 36.8 Å². The van der Waals surface area contributed by atoms with Gasteiger partial charge < -0.3 is 10.2 Å². The first-order valence-electron chi connectivity index (χ1n) is 7.56. The maximum atomic E-state index is 12.3. The van der Waals surface area contributed by atoms with Gasteiger partial charge in [0, 0.05) is 18.7 Å². The van der Waals surface area contributed by atoms with Crippen molar-refractivity contribution in [3.8, 4) is 0 Å². The second-order valence-electron chi connectivity index (χ2n) is 6.12. The summed E-state index contributed by atoms with van der Waals surface area (Å²) in [5, 5.41) is 3.00. The fourth-order valence-electron chi connectivity index (χ4n) is 2.56. The van der Waals surface area contributed by atoms with E-state index in [0.717, 1.165) is 29.7 Å². The van der Waals surface area contributed by atoms with Crippen LogP contribution in [-0.2, 0) is 9.59 Å². The van der Waals surface area contributed by atoms with Crippen LogP contribution in [0.2, 0.25) is 0 Å². The van der Waals surface area contributed by atoms with Crippen molar-refractivity contribution in [3.63, 3.8) is 0 Å². The van der Waals surface area contributed by atoms with E-state index in [0.29, 0.717) is 5.92 Å². The molecular weight excluding hydrogens is 264 g/mol. The summed E-state index contributed by atoms with van der Waals surface area (Å²) in [4.78, 5) is 25.6. The highest BCUT2D eigenvalue weighted by molar-refractivity contribution is 5.95. The molecule has 2 rings (SSSR count). The SMILES string of the molecule is CC(=O)N(CC(=O)Nc1c(C)cccc1C(C)C)C1CC1. The van der Waals surface area contributed by atoms with Crippen molar-refractivity contribution in [2.75, 3.05) is 11.9 Å². The predicted molar refractivity (Wildman–Crippen MR) is 84.3 cm³/mol. The number of hydrogen-bond acceptors (Lipinski definition) is 2. The van der Waals surface area contributed by atoms with Gasteiger partial charge in [0.2, 0.25) is 11.8 Å². The van der Waals surface area contributed by atoms with Crippen molar-refractivity contribution < 1.29 is 9.59 Å². The number of carbonyl (C=O) groups excluding carboxylic acids is 2. The van der Waals surface area contributed by atoms with Gasteiger partial charge in [-0.15, -0.1) is 0 Å². The molecule has 1 saturated carbocycles. The molecule has 1 fully saturated rings. The van der Waals surface area contributed by atoms with Gasteiger partial charge in [-0.1, -0.05) is 32.0 Å². The fourth-order valence-corrected chi connectivity index (χ4v) is 2.56. The Bertz CT molecular complexity index is 548. The molecule has 1 aromatic rings. The lowest BCUT2D eigenvalue weighted by atomic mass is 9.98. The molecule has 1 aliphatic rings. The van der Waals surface area contributed by atoms with E-state index in [1.165, 1.54) is 6.92 Å². The van der Waals surface area contributed by atoms with Crippen LogP contribution in [-0.4, -0.2) is 29.3 Å². The van der Waals surface area contributed by atoms with Crippen LogP contribution < -0.4 is 5.32 Å². The number of amides is 2. The lowest BCUT2D eigenvalue weighted by Crippen LogP contribution is -2.38. The summed E-state index contributed by atoms with van der Waals surface area (Å²) < 4.78 is 0. The lowest BCUT2D eigenvalue weighted by molar-refractivity contribution is -0.133. The number of carbonyl (C=O) groups is 2. The van der Waals surface area contributed by atoms with Gasteiger partial charge in [-0.3, -0.25) is 9.59 Å². The highest BCUT2D eigenvalue weighted by atomic mass is 16.2. The van der Waals surface area contributed by atoms with Gasteiger partial charge in [0.05, 0.1) is 0 Å². The number of benzene rings is 1. The van der Waals surface area contributed by atoms with Gasteiger partial charge in [-0.2, -0.15) is 0 Å². The number of nitrogens with one attached hydrogen (secondary N) is 1. The molecule has 0 radical (unpaired) electrons. The van der Waals surface area contributed by atoms with Crippen molar-refractivity contribution in [2.45, 2.75) is 52.5 Å². The van der Waals surface area contributed by atoms with Gasteiger partial charge in [0.15, 0.2) is 0 Å². The van der Waals surface area contributed by atoms with Gasteiger partial charge in [0.1, 0.15) is 6.54 Å². The van der Waals surface area contributed by atoms with Crippen LogP contribution in [0.3, 0.4) is 0 Å². The summed E-state index contributed by atoms with van der Waals surface area (Å²) in [5.74, 6) is 0.197. The lowest BCUT2D eigenvalue weighted by Gasteiger charge is -2.21. The highest BCUT2D eigenvalue weighted by Crippen LogP contribution is 2.29. The third kappa shape index (κ3) is 3.84. The molecule has 0 heterocycles. The smallest absolute Gasteiger partial charge is 0.244 e. The van der Waals surface area contributed by atoms with E-state index in [1.54, 1.807) is 4.90 Å². The number of anilines is 1. The van der Waals surface area contributed by atoms with Crippen molar-refractivity contribution in [1.82, 2.24) is 4.90 Å². The summed E-state index contributed by atoms with van der Waals surface area (Å²) in [6.07, 6.45) is 2.02. The van der Waals surface area contributed by atoms with Crippen LogP contribution in [0.15, 0.2) is 18.2 Å². The molecule has 4 heteroatoms. The van der Waals surface area contributed by atoms with Crippen LogP contribution in [0, 0.1) is 6.92 Å². The zero-order chi connectivity index (χ0) is 15.6. The van der Waals surface area contributed by atoms with E-state index in [4.69, 9.17) is 0 Å². The number of hydrogen-bond donors (Lipinski definition) is 1. The third-order valence-corrected chi connectivity index (χ3v) is 3.90. The minimum Gasteiger partial charge on any atom is -0.331 e. The average Bonchev–Trinajstić information content (AvgIpc) is 3.22. The van der Waals surface area contributed by atoms with Crippen LogP contribution in [0.25, 0.3) is 0 Å². The summed E-state index contributed by atoms with van der Waals surface area (Å²) >= 11 is 0. The first kappa shape index (κ1) is 15.5. The van der Waals surface area contributed by atoms with E-state index >= 15 is 0 Å². The molecule has 0 saturated heterocycles. The Morgan fingerprint density at radius 2 is 2.00 bits per heavy atom. The molecule has 4 nitrogen and oxygen atoms in total. The number of rotatable bonds is 5. The topological polar surface area (TPSA) is 49.4 Å². The largest absolute Gasteiger partial charge is 0.331 e. The van der Waals surface area contributed by atoms with Crippen molar-refractivity contribution in [3.05, 3.63) is 29.3 Å². The molecule has 21 heavy (non-hydrogen) atoms.